The third-order valence-electron chi connectivity index (χ3n) is 2.86. The predicted octanol–water partition coefficient (Wildman–Crippen LogP) is 2.72. The summed E-state index contributed by atoms with van der Waals surface area (Å²) in [5, 5.41) is 9.18. The number of pyridine rings is 1. The molecule has 0 saturated heterocycles. The van der Waals surface area contributed by atoms with Crippen LogP contribution in [0.3, 0.4) is 0 Å². The van der Waals surface area contributed by atoms with Crippen molar-refractivity contribution in [2.45, 2.75) is 0 Å². The highest BCUT2D eigenvalue weighted by molar-refractivity contribution is 6.04. The van der Waals surface area contributed by atoms with Crippen molar-refractivity contribution in [1.82, 2.24) is 15.2 Å². The van der Waals surface area contributed by atoms with E-state index in [0.717, 1.165) is 11.1 Å². The van der Waals surface area contributed by atoms with Gasteiger partial charge in [0.05, 0.1) is 11.8 Å². The summed E-state index contributed by atoms with van der Waals surface area (Å²) in [6.07, 6.45) is 4.86. The monoisotopic (exact) mass is 264 g/mol. The Balaban J connectivity index is 1.86. The highest BCUT2D eigenvalue weighted by atomic mass is 16.1. The highest BCUT2D eigenvalue weighted by Crippen LogP contribution is 2.19. The molecule has 2 aromatic heterocycles. The number of amides is 1. The van der Waals surface area contributed by atoms with Crippen LogP contribution in [0.15, 0.2) is 61.1 Å². The summed E-state index contributed by atoms with van der Waals surface area (Å²) in [5.74, 6) is 0.333. The summed E-state index contributed by atoms with van der Waals surface area (Å²) in [5.41, 5.74) is 2.43. The third-order valence-corrected chi connectivity index (χ3v) is 2.86. The largest absolute Gasteiger partial charge is 0.307 e. The maximum absolute atomic E-state index is 12.1. The van der Waals surface area contributed by atoms with Crippen LogP contribution in [0.2, 0.25) is 0 Å². The van der Waals surface area contributed by atoms with Crippen LogP contribution in [0, 0.1) is 0 Å². The van der Waals surface area contributed by atoms with Crippen molar-refractivity contribution in [3.63, 3.8) is 0 Å². The Morgan fingerprint density at radius 1 is 1.05 bits per heavy atom. The molecular formula is C15H12N4O. The van der Waals surface area contributed by atoms with Crippen LogP contribution in [0.4, 0.5) is 5.82 Å². The van der Waals surface area contributed by atoms with Gasteiger partial charge in [-0.05, 0) is 11.6 Å². The van der Waals surface area contributed by atoms with E-state index >= 15 is 0 Å². The molecular weight excluding hydrogens is 252 g/mol. The highest BCUT2D eigenvalue weighted by Gasteiger charge is 2.08. The Hall–Kier alpha value is -2.95. The van der Waals surface area contributed by atoms with Crippen molar-refractivity contribution in [2.75, 3.05) is 5.32 Å². The number of H-pyrrole nitrogens is 1. The van der Waals surface area contributed by atoms with Crippen molar-refractivity contribution >= 4 is 11.7 Å². The summed E-state index contributed by atoms with van der Waals surface area (Å²) in [6.45, 7) is 0. The number of aromatic nitrogens is 3. The van der Waals surface area contributed by atoms with Crippen LogP contribution in [0.25, 0.3) is 11.1 Å². The molecule has 0 aliphatic heterocycles. The Bertz CT molecular complexity index is 708. The fraction of sp³-hybridized carbons (Fsp3) is 0. The first-order chi connectivity index (χ1) is 9.83. The van der Waals surface area contributed by atoms with Crippen molar-refractivity contribution in [3.05, 3.63) is 66.6 Å². The Morgan fingerprint density at radius 2 is 1.90 bits per heavy atom. The molecule has 0 spiro atoms. The number of rotatable bonds is 3. The number of carbonyl (C=O) groups is 1. The molecule has 0 saturated carbocycles. The Morgan fingerprint density at radius 3 is 2.65 bits per heavy atom. The molecule has 0 aliphatic rings. The number of hydrogen-bond donors (Lipinski definition) is 2. The number of nitrogens with one attached hydrogen (secondary N) is 2. The summed E-state index contributed by atoms with van der Waals surface area (Å²) >= 11 is 0. The minimum absolute atomic E-state index is 0.223. The Kier molecular flexibility index (Phi) is 3.24. The van der Waals surface area contributed by atoms with Gasteiger partial charge in [0, 0.05) is 24.0 Å². The predicted molar refractivity (Wildman–Crippen MR) is 76.2 cm³/mol. The summed E-state index contributed by atoms with van der Waals surface area (Å²) < 4.78 is 0. The van der Waals surface area contributed by atoms with Crippen LogP contribution in [-0.4, -0.2) is 21.1 Å². The first kappa shape index (κ1) is 12.1. The van der Waals surface area contributed by atoms with Crippen LogP contribution in [-0.2, 0) is 0 Å². The zero-order valence-electron chi connectivity index (χ0n) is 10.6. The molecule has 5 nitrogen and oxygen atoms in total. The molecule has 3 aromatic rings. The number of anilines is 1. The lowest BCUT2D eigenvalue weighted by Gasteiger charge is -2.05. The first-order valence-electron chi connectivity index (χ1n) is 6.14. The van der Waals surface area contributed by atoms with E-state index in [-0.39, 0.29) is 5.91 Å². The molecule has 0 radical (unpaired) electrons. The molecule has 98 valence electrons. The van der Waals surface area contributed by atoms with Gasteiger partial charge in [0.2, 0.25) is 0 Å². The quantitative estimate of drug-likeness (QED) is 0.764. The van der Waals surface area contributed by atoms with Crippen LogP contribution in [0.5, 0.6) is 0 Å². The smallest absolute Gasteiger partial charge is 0.258 e. The maximum Gasteiger partial charge on any atom is 0.258 e. The molecule has 20 heavy (non-hydrogen) atoms. The van der Waals surface area contributed by atoms with Gasteiger partial charge in [0.25, 0.3) is 5.91 Å². The molecule has 1 amide bonds. The summed E-state index contributed by atoms with van der Waals surface area (Å²) in [4.78, 5) is 16.2. The van der Waals surface area contributed by atoms with E-state index in [9.17, 15) is 4.79 Å². The average molecular weight is 264 g/mol. The van der Waals surface area contributed by atoms with Crippen molar-refractivity contribution < 1.29 is 4.79 Å². The maximum atomic E-state index is 12.1. The molecule has 0 unspecified atom stereocenters. The molecule has 1 aromatic carbocycles. The van der Waals surface area contributed by atoms with Gasteiger partial charge in [0.15, 0.2) is 0 Å². The molecule has 0 fully saturated rings. The third kappa shape index (κ3) is 2.56. The van der Waals surface area contributed by atoms with E-state index in [1.54, 1.807) is 18.5 Å². The minimum atomic E-state index is -0.223. The molecule has 5 heteroatoms. The summed E-state index contributed by atoms with van der Waals surface area (Å²) in [7, 11) is 0. The number of hydrogen-bond acceptors (Lipinski definition) is 3. The van der Waals surface area contributed by atoms with Crippen molar-refractivity contribution in [1.29, 1.82) is 0 Å². The van der Waals surface area contributed by atoms with E-state index in [1.165, 1.54) is 6.20 Å². The van der Waals surface area contributed by atoms with Gasteiger partial charge in [-0.3, -0.25) is 14.9 Å². The number of aromatic amines is 1. The zero-order valence-corrected chi connectivity index (χ0v) is 10.6. The van der Waals surface area contributed by atoms with Gasteiger partial charge in [-0.2, -0.15) is 5.10 Å². The van der Waals surface area contributed by atoms with Gasteiger partial charge in [-0.1, -0.05) is 30.3 Å². The molecule has 2 heterocycles. The topological polar surface area (TPSA) is 70.7 Å². The van der Waals surface area contributed by atoms with E-state index < -0.39 is 0 Å². The van der Waals surface area contributed by atoms with Gasteiger partial charge in [-0.25, -0.2) is 0 Å². The second-order valence-electron chi connectivity index (χ2n) is 4.25. The van der Waals surface area contributed by atoms with Crippen molar-refractivity contribution in [2.24, 2.45) is 0 Å². The Labute approximate surface area is 115 Å². The van der Waals surface area contributed by atoms with Crippen LogP contribution in [0.1, 0.15) is 10.4 Å². The van der Waals surface area contributed by atoms with Crippen LogP contribution < -0.4 is 5.32 Å². The van der Waals surface area contributed by atoms with Gasteiger partial charge < -0.3 is 5.32 Å². The molecule has 3 rings (SSSR count). The minimum Gasteiger partial charge on any atom is -0.307 e. The van der Waals surface area contributed by atoms with Gasteiger partial charge in [0.1, 0.15) is 5.82 Å². The molecule has 0 aliphatic carbocycles. The summed E-state index contributed by atoms with van der Waals surface area (Å²) in [6, 6.07) is 13.3. The van der Waals surface area contributed by atoms with Crippen molar-refractivity contribution in [3.8, 4) is 11.1 Å². The van der Waals surface area contributed by atoms with E-state index in [1.807, 2.05) is 36.4 Å². The number of carbonyl (C=O) groups excluding carboxylic acids is 1. The number of nitrogens with zero attached hydrogens (tertiary/aromatic N) is 2. The second-order valence-corrected chi connectivity index (χ2v) is 4.25. The second kappa shape index (κ2) is 5.36. The SMILES string of the molecule is O=C(Nc1ccn[nH]1)c1cncc(-c2ccccc2)c1. The standard InChI is InChI=1S/C15H12N4O/c20-15(18-14-6-7-17-19-14)13-8-12(9-16-10-13)11-4-2-1-3-5-11/h1-10H,(H2,17,18,19,20). The van der Waals surface area contributed by atoms with E-state index in [4.69, 9.17) is 0 Å². The fourth-order valence-electron chi connectivity index (χ4n) is 1.87. The first-order valence-corrected chi connectivity index (χ1v) is 6.14. The normalized spacial score (nSPS) is 10.2. The lowest BCUT2D eigenvalue weighted by Crippen LogP contribution is -2.12. The lowest BCUT2D eigenvalue weighted by atomic mass is 10.1. The number of benzene rings is 1. The van der Waals surface area contributed by atoms with E-state index in [0.29, 0.717) is 11.4 Å². The van der Waals surface area contributed by atoms with Gasteiger partial charge >= 0.3 is 0 Å². The molecule has 0 atom stereocenters. The van der Waals surface area contributed by atoms with E-state index in [2.05, 4.69) is 20.5 Å². The molecule has 2 N–H and O–H groups in total. The fourth-order valence-corrected chi connectivity index (χ4v) is 1.87. The molecule has 0 bridgehead atoms. The van der Waals surface area contributed by atoms with Crippen LogP contribution >= 0.6 is 0 Å². The zero-order chi connectivity index (χ0) is 13.8. The lowest BCUT2D eigenvalue weighted by molar-refractivity contribution is 0.102. The van der Waals surface area contributed by atoms with Gasteiger partial charge in [-0.15, -0.1) is 0 Å². The average Bonchev–Trinajstić information content (AvgIpc) is 3.01.